The molecule has 0 amide bonds. The molecule has 0 saturated carbocycles. The van der Waals surface area contributed by atoms with E-state index >= 15 is 0 Å². The molecule has 98 heavy (non-hydrogen) atoms. The fourth-order valence-corrected chi connectivity index (χ4v) is 25.8. The number of rotatable bonds is 55. The van der Waals surface area contributed by atoms with E-state index in [1.54, 1.807) is 0 Å². The lowest BCUT2D eigenvalue weighted by Crippen LogP contribution is -2.61. The molecule has 0 radical (unpaired) electrons. The lowest BCUT2D eigenvalue weighted by Gasteiger charge is -2.65. The minimum atomic E-state index is 0.532. The van der Waals surface area contributed by atoms with E-state index in [2.05, 4.69) is 291 Å². The molecule has 0 aromatic carbocycles. The third-order valence-electron chi connectivity index (χ3n) is 32.0. The summed E-state index contributed by atoms with van der Waals surface area (Å²) in [4.78, 5) is 0. The summed E-state index contributed by atoms with van der Waals surface area (Å²) in [7, 11) is 0. The fourth-order valence-electron chi connectivity index (χ4n) is 25.8. The SMILES string of the molecule is CCCC(C(CC)CC)C(C(C(CC)C(C)C)C(CC)C(C)C)C(C(C(C(C)C(C)C)C(CC)C(C)C)C(C(C)C(C)C)C(CC)C(C)C)C(C(C(C(C)C(C)C)C(C)C(C)C)C(C(CC)CC)C(CC)C(C)C)C(C(C(C)CC)C(CC)C(C)C)C(C(CC)CC)C(CC)C(C)C. The summed E-state index contributed by atoms with van der Waals surface area (Å²) in [5.41, 5.74) is 0. The Hall–Kier alpha value is 0. The van der Waals surface area contributed by atoms with Crippen LogP contribution in [0.3, 0.4) is 0 Å². The van der Waals surface area contributed by atoms with Crippen molar-refractivity contribution in [2.75, 3.05) is 0 Å². The molecule has 0 saturated heterocycles. The van der Waals surface area contributed by atoms with Crippen molar-refractivity contribution < 1.29 is 0 Å². The van der Waals surface area contributed by atoms with Crippen LogP contribution in [0.25, 0.3) is 0 Å². The highest BCUT2D eigenvalue weighted by molar-refractivity contribution is 5.11. The fraction of sp³-hybridized carbons (Fsp3) is 1.00. The van der Waals surface area contributed by atoms with E-state index in [0.717, 1.165) is 0 Å². The first-order valence-corrected chi connectivity index (χ1v) is 45.8. The Morgan fingerprint density at radius 3 is 0.571 bits per heavy atom. The summed E-state index contributed by atoms with van der Waals surface area (Å²) in [6, 6.07) is 0. The van der Waals surface area contributed by atoms with Crippen molar-refractivity contribution >= 4 is 0 Å². The van der Waals surface area contributed by atoms with Crippen LogP contribution >= 0.6 is 0 Å². The lowest BCUT2D eigenvalue weighted by molar-refractivity contribution is -0.181. The first-order valence-electron chi connectivity index (χ1n) is 45.8. The number of hydrogen-bond donors (Lipinski definition) is 0. The van der Waals surface area contributed by atoms with E-state index in [-0.39, 0.29) is 0 Å². The van der Waals surface area contributed by atoms with Gasteiger partial charge in [0.15, 0.2) is 0 Å². The summed E-state index contributed by atoms with van der Waals surface area (Å²) >= 11 is 0. The molecule has 0 rings (SSSR count). The van der Waals surface area contributed by atoms with Gasteiger partial charge in [0.2, 0.25) is 0 Å². The van der Waals surface area contributed by atoms with Crippen molar-refractivity contribution in [3.63, 3.8) is 0 Å². The van der Waals surface area contributed by atoms with Gasteiger partial charge < -0.3 is 0 Å². The van der Waals surface area contributed by atoms with Crippen molar-refractivity contribution in [2.24, 2.45) is 237 Å². The second-order valence-electron chi connectivity index (χ2n) is 39.7. The van der Waals surface area contributed by atoms with E-state index in [1.807, 2.05) is 0 Å². The highest BCUT2D eigenvalue weighted by atomic mass is 14.7. The van der Waals surface area contributed by atoms with Crippen LogP contribution in [-0.4, -0.2) is 0 Å². The van der Waals surface area contributed by atoms with Gasteiger partial charge in [0, 0.05) is 0 Å². The molecular weight excluding hydrogens is 1180 g/mol. The van der Waals surface area contributed by atoms with E-state index in [4.69, 9.17) is 0 Å². The van der Waals surface area contributed by atoms with E-state index < -0.39 is 0 Å². The predicted octanol–water partition coefficient (Wildman–Crippen LogP) is 32.7. The average Bonchev–Trinajstić information content (AvgIpc) is 0.714. The molecule has 23 unspecified atom stereocenters. The van der Waals surface area contributed by atoms with Crippen LogP contribution in [0.15, 0.2) is 0 Å². The smallest absolute Gasteiger partial charge is 0.0312 e. The van der Waals surface area contributed by atoms with Crippen LogP contribution in [0.5, 0.6) is 0 Å². The number of hydrogen-bond acceptors (Lipinski definition) is 0. The predicted molar refractivity (Wildman–Crippen MR) is 452 cm³/mol. The van der Waals surface area contributed by atoms with Gasteiger partial charge in [-0.1, -0.05) is 394 Å². The molecule has 0 spiro atoms. The van der Waals surface area contributed by atoms with Gasteiger partial charge in [-0.2, -0.15) is 0 Å². The Labute approximate surface area is 626 Å². The van der Waals surface area contributed by atoms with Crippen molar-refractivity contribution in [1.29, 1.82) is 0 Å². The molecule has 0 heteroatoms. The molecule has 0 N–H and O–H groups in total. The topological polar surface area (TPSA) is 0 Å². The van der Waals surface area contributed by atoms with Gasteiger partial charge in [-0.3, -0.25) is 0 Å². The third kappa shape index (κ3) is 24.8. The second kappa shape index (κ2) is 48.3. The molecular formula is C98H198. The van der Waals surface area contributed by atoms with E-state index in [1.165, 1.54) is 103 Å². The quantitative estimate of drug-likeness (QED) is 0.0569. The molecule has 0 nitrogen and oxygen atoms in total. The lowest BCUT2D eigenvalue weighted by atomic mass is 9.39. The van der Waals surface area contributed by atoms with Gasteiger partial charge in [-0.05, 0) is 237 Å². The maximum Gasteiger partial charge on any atom is -0.0312 e. The Kier molecular flexibility index (Phi) is 48.3. The molecule has 0 aliphatic carbocycles. The Morgan fingerprint density at radius 1 is 0.143 bits per heavy atom. The summed E-state index contributed by atoms with van der Waals surface area (Å²) in [6.45, 7) is 116. The molecule has 0 heterocycles. The van der Waals surface area contributed by atoms with Gasteiger partial charge in [0.1, 0.15) is 0 Å². The molecule has 590 valence electrons. The Morgan fingerprint density at radius 2 is 0.347 bits per heavy atom. The maximum atomic E-state index is 2.93. The third-order valence-corrected chi connectivity index (χ3v) is 32.0. The second-order valence-corrected chi connectivity index (χ2v) is 39.7. The van der Waals surface area contributed by atoms with Crippen LogP contribution in [0, 0.1) is 237 Å². The van der Waals surface area contributed by atoms with Crippen molar-refractivity contribution in [1.82, 2.24) is 0 Å². The summed E-state index contributed by atoms with van der Waals surface area (Å²) in [5.74, 6) is 24.3. The molecule has 0 aromatic rings. The van der Waals surface area contributed by atoms with Crippen molar-refractivity contribution in [3.8, 4) is 0 Å². The summed E-state index contributed by atoms with van der Waals surface area (Å²) < 4.78 is 0. The Balaban J connectivity index is 14.2. The monoisotopic (exact) mass is 1380 g/mol. The molecule has 0 aromatic heterocycles. The van der Waals surface area contributed by atoms with Gasteiger partial charge in [-0.25, -0.2) is 0 Å². The minimum absolute atomic E-state index is 0.532. The van der Waals surface area contributed by atoms with Crippen molar-refractivity contribution in [3.05, 3.63) is 0 Å². The maximum absolute atomic E-state index is 2.93. The highest BCUT2D eigenvalue weighted by Crippen LogP contribution is 2.68. The standard InChI is InChI=1S/C98H198/c1-43-58-85(75(45-3)46-4)93(92(83(56-14)68(34)35)84(57-15)69(36)37)97(96(88(73(41)61(20)21)79(52-10)64(26)27)89(74(42)62(22)23)80(53-11)65(28)29)98(94(86(70(38)44-2)78(51-9)63(24)25)90(76(47-5)48-6)81(54-12)66(30)31)95(87(71(39)59(16)17)72(40)60(18)19)91(77(49-7)50-8)82(55-13)67(32)33/h59-98H,43-58H2,1-42H3. The first kappa shape index (κ1) is 98.0. The molecule has 23 atom stereocenters. The molecule has 0 aliphatic rings. The molecule has 0 bridgehead atoms. The van der Waals surface area contributed by atoms with E-state index in [0.29, 0.717) is 237 Å². The molecule has 0 fully saturated rings. The van der Waals surface area contributed by atoms with Crippen LogP contribution in [0.2, 0.25) is 0 Å². The van der Waals surface area contributed by atoms with Gasteiger partial charge >= 0.3 is 0 Å². The summed E-state index contributed by atoms with van der Waals surface area (Å²) in [5, 5.41) is 0. The Bertz CT molecular complexity index is 1790. The van der Waals surface area contributed by atoms with Gasteiger partial charge in [-0.15, -0.1) is 0 Å². The average molecular weight is 1380 g/mol. The molecule has 0 aliphatic heterocycles. The summed E-state index contributed by atoms with van der Waals surface area (Å²) in [6.07, 6.45) is 20.8. The normalized spacial score (nSPS) is 21.4. The van der Waals surface area contributed by atoms with Crippen LogP contribution < -0.4 is 0 Å². The minimum Gasteiger partial charge on any atom is -0.0654 e. The zero-order valence-corrected chi connectivity index (χ0v) is 76.4. The zero-order chi connectivity index (χ0) is 76.4. The van der Waals surface area contributed by atoms with E-state index in [9.17, 15) is 0 Å². The van der Waals surface area contributed by atoms with Crippen molar-refractivity contribution in [2.45, 2.75) is 394 Å². The highest BCUT2D eigenvalue weighted by Gasteiger charge is 2.63. The zero-order valence-electron chi connectivity index (χ0n) is 76.4. The van der Waals surface area contributed by atoms with Gasteiger partial charge in [0.25, 0.3) is 0 Å². The van der Waals surface area contributed by atoms with Crippen LogP contribution in [0.1, 0.15) is 394 Å². The first-order chi connectivity index (χ1) is 45.8. The van der Waals surface area contributed by atoms with Gasteiger partial charge in [0.05, 0.1) is 0 Å². The van der Waals surface area contributed by atoms with Crippen LogP contribution in [-0.2, 0) is 0 Å². The largest absolute Gasteiger partial charge is 0.0654 e. The van der Waals surface area contributed by atoms with Crippen LogP contribution in [0.4, 0.5) is 0 Å².